The second-order valence-corrected chi connectivity index (χ2v) is 2.26. The number of aliphatic hydroxyl groups is 3. The molecule has 0 amide bonds. The smallest absolute Gasteiger partial charge is 0.0986 e. The van der Waals surface area contributed by atoms with Crippen molar-refractivity contribution < 1.29 is 15.3 Å². The van der Waals surface area contributed by atoms with Crippen molar-refractivity contribution >= 4 is 0 Å². The van der Waals surface area contributed by atoms with E-state index in [4.69, 9.17) is 15.3 Å². The molecule has 0 bridgehead atoms. The first kappa shape index (κ1) is 6.95. The van der Waals surface area contributed by atoms with Crippen LogP contribution in [0.15, 0.2) is 0 Å². The second-order valence-electron chi connectivity index (χ2n) is 2.26. The van der Waals surface area contributed by atoms with Crippen molar-refractivity contribution in [3.63, 3.8) is 0 Å². The third-order valence-corrected chi connectivity index (χ3v) is 1.59. The summed E-state index contributed by atoms with van der Waals surface area (Å²) >= 11 is 0. The lowest BCUT2D eigenvalue weighted by molar-refractivity contribution is 0.0295. The van der Waals surface area contributed by atoms with Crippen molar-refractivity contribution in [2.24, 2.45) is 0 Å². The van der Waals surface area contributed by atoms with E-state index in [0.717, 1.165) is 0 Å². The lowest BCUT2D eigenvalue weighted by atomic mass is 10.1. The number of hydrogen-bond donors (Lipinski definition) is 4. The highest BCUT2D eigenvalue weighted by molar-refractivity contribution is 4.89. The Morgan fingerprint density at radius 1 is 1.44 bits per heavy atom. The van der Waals surface area contributed by atoms with E-state index in [0.29, 0.717) is 6.54 Å². The monoisotopic (exact) mass is 133 g/mol. The van der Waals surface area contributed by atoms with Gasteiger partial charge in [0, 0.05) is 6.54 Å². The summed E-state index contributed by atoms with van der Waals surface area (Å²) in [6.45, 7) is 0.241. The molecule has 1 unspecified atom stereocenters. The van der Waals surface area contributed by atoms with Crippen LogP contribution in [0.2, 0.25) is 0 Å². The fraction of sp³-hybridized carbons (Fsp3) is 1.00. The Hall–Kier alpha value is -0.160. The predicted octanol–water partition coefficient (Wildman–Crippen LogP) is -2.33. The summed E-state index contributed by atoms with van der Waals surface area (Å²) in [7, 11) is 0. The van der Waals surface area contributed by atoms with Gasteiger partial charge in [-0.05, 0) is 0 Å². The Morgan fingerprint density at radius 3 is 2.33 bits per heavy atom. The molecule has 54 valence electrons. The number of hydrogen-bond acceptors (Lipinski definition) is 4. The van der Waals surface area contributed by atoms with Crippen LogP contribution in [0.1, 0.15) is 0 Å². The minimum atomic E-state index is -0.810. The maximum absolute atomic E-state index is 8.98. The van der Waals surface area contributed by atoms with Gasteiger partial charge in [0.05, 0.1) is 24.9 Å². The van der Waals surface area contributed by atoms with E-state index in [1.165, 1.54) is 0 Å². The molecule has 1 heterocycles. The van der Waals surface area contributed by atoms with Crippen LogP contribution in [0, 0.1) is 0 Å². The lowest BCUT2D eigenvalue weighted by Crippen LogP contribution is -2.35. The van der Waals surface area contributed by atoms with E-state index >= 15 is 0 Å². The maximum atomic E-state index is 8.98. The Kier molecular flexibility index (Phi) is 2.02. The summed E-state index contributed by atoms with van der Waals surface area (Å²) in [6, 6.07) is -0.347. The first-order valence-corrected chi connectivity index (χ1v) is 2.96. The topological polar surface area (TPSA) is 72.7 Å². The number of rotatable bonds is 1. The number of aliphatic hydroxyl groups excluding tert-OH is 3. The van der Waals surface area contributed by atoms with Crippen LogP contribution < -0.4 is 5.32 Å². The van der Waals surface area contributed by atoms with Gasteiger partial charge in [0.1, 0.15) is 0 Å². The van der Waals surface area contributed by atoms with Gasteiger partial charge in [-0.2, -0.15) is 0 Å². The number of nitrogens with one attached hydrogen (secondary N) is 1. The first-order chi connectivity index (χ1) is 4.25. The van der Waals surface area contributed by atoms with Gasteiger partial charge in [-0.1, -0.05) is 0 Å². The molecule has 0 aromatic carbocycles. The molecule has 0 aromatic heterocycles. The summed E-state index contributed by atoms with van der Waals surface area (Å²) in [6.07, 6.45) is -1.53. The molecule has 1 rings (SSSR count). The molecular formula is C5H11NO3. The van der Waals surface area contributed by atoms with Crippen molar-refractivity contribution in [3.05, 3.63) is 0 Å². The Bertz CT molecular complexity index is 98.2. The fourth-order valence-electron chi connectivity index (χ4n) is 0.954. The van der Waals surface area contributed by atoms with Crippen LogP contribution in [-0.4, -0.2) is 46.7 Å². The molecule has 4 heteroatoms. The highest BCUT2D eigenvalue weighted by atomic mass is 16.3. The minimum Gasteiger partial charge on any atom is -0.395 e. The molecule has 4 nitrogen and oxygen atoms in total. The van der Waals surface area contributed by atoms with Gasteiger partial charge in [0.2, 0.25) is 0 Å². The average Bonchev–Trinajstić information content (AvgIpc) is 2.15. The van der Waals surface area contributed by atoms with Gasteiger partial charge >= 0.3 is 0 Å². The highest BCUT2D eigenvalue weighted by Crippen LogP contribution is 2.05. The van der Waals surface area contributed by atoms with Gasteiger partial charge in [0.15, 0.2) is 0 Å². The molecule has 1 fully saturated rings. The van der Waals surface area contributed by atoms with Crippen molar-refractivity contribution in [1.82, 2.24) is 5.32 Å². The zero-order chi connectivity index (χ0) is 6.85. The van der Waals surface area contributed by atoms with Gasteiger partial charge in [0.25, 0.3) is 0 Å². The summed E-state index contributed by atoms with van der Waals surface area (Å²) in [4.78, 5) is 0. The molecule has 1 aliphatic heterocycles. The highest BCUT2D eigenvalue weighted by Gasteiger charge is 2.31. The SMILES string of the molecule is OC[C@@H]1NCC(O)[C@@H]1O. The minimum absolute atomic E-state index is 0.127. The average molecular weight is 133 g/mol. The van der Waals surface area contributed by atoms with Gasteiger partial charge in [-0.25, -0.2) is 0 Å². The zero-order valence-corrected chi connectivity index (χ0v) is 4.99. The largest absolute Gasteiger partial charge is 0.395 e. The van der Waals surface area contributed by atoms with Crippen LogP contribution in [-0.2, 0) is 0 Å². The molecule has 0 saturated carbocycles. The van der Waals surface area contributed by atoms with Crippen LogP contribution in [0.25, 0.3) is 0 Å². The molecule has 3 atom stereocenters. The van der Waals surface area contributed by atoms with E-state index in [1.807, 2.05) is 0 Å². The van der Waals surface area contributed by atoms with Crippen molar-refractivity contribution in [1.29, 1.82) is 0 Å². The molecule has 0 spiro atoms. The van der Waals surface area contributed by atoms with E-state index in [1.54, 1.807) is 0 Å². The summed E-state index contributed by atoms with van der Waals surface area (Å²) in [5, 5.41) is 29.1. The van der Waals surface area contributed by atoms with Crippen molar-refractivity contribution in [2.75, 3.05) is 13.2 Å². The lowest BCUT2D eigenvalue weighted by Gasteiger charge is -2.11. The Balaban J connectivity index is 2.41. The van der Waals surface area contributed by atoms with Gasteiger partial charge in [-0.3, -0.25) is 0 Å². The Labute approximate surface area is 53.1 Å². The van der Waals surface area contributed by atoms with Crippen LogP contribution in [0.5, 0.6) is 0 Å². The third-order valence-electron chi connectivity index (χ3n) is 1.59. The van der Waals surface area contributed by atoms with E-state index < -0.39 is 12.2 Å². The molecule has 0 radical (unpaired) electrons. The molecule has 0 aromatic rings. The standard InChI is InChI=1S/C5H11NO3/c7-2-3-5(9)4(8)1-6-3/h3-9H,1-2H2/t3-,4?,5+/m0/s1. The van der Waals surface area contributed by atoms with Crippen LogP contribution in [0.4, 0.5) is 0 Å². The van der Waals surface area contributed by atoms with E-state index in [9.17, 15) is 0 Å². The summed E-state index contributed by atoms with van der Waals surface area (Å²) in [5.74, 6) is 0. The van der Waals surface area contributed by atoms with E-state index in [2.05, 4.69) is 5.32 Å². The van der Waals surface area contributed by atoms with E-state index in [-0.39, 0.29) is 12.6 Å². The Morgan fingerprint density at radius 2 is 2.11 bits per heavy atom. The first-order valence-electron chi connectivity index (χ1n) is 2.96. The quantitative estimate of drug-likeness (QED) is 0.324. The van der Waals surface area contributed by atoms with Crippen molar-refractivity contribution in [2.45, 2.75) is 18.2 Å². The molecule has 0 aliphatic carbocycles. The fourth-order valence-corrected chi connectivity index (χ4v) is 0.954. The molecule has 1 aliphatic rings. The molecular weight excluding hydrogens is 122 g/mol. The molecule has 4 N–H and O–H groups in total. The van der Waals surface area contributed by atoms with Crippen molar-refractivity contribution in [3.8, 4) is 0 Å². The van der Waals surface area contributed by atoms with Crippen LogP contribution >= 0.6 is 0 Å². The summed E-state index contributed by atoms with van der Waals surface area (Å²) < 4.78 is 0. The second kappa shape index (κ2) is 2.62. The van der Waals surface area contributed by atoms with Gasteiger partial charge < -0.3 is 20.6 Å². The normalized spacial score (nSPS) is 43.7. The maximum Gasteiger partial charge on any atom is 0.0986 e. The van der Waals surface area contributed by atoms with Crippen LogP contribution in [0.3, 0.4) is 0 Å². The summed E-state index contributed by atoms with van der Waals surface area (Å²) in [5.41, 5.74) is 0. The van der Waals surface area contributed by atoms with Gasteiger partial charge in [-0.15, -0.1) is 0 Å². The predicted molar refractivity (Wildman–Crippen MR) is 30.9 cm³/mol. The third kappa shape index (κ3) is 1.21. The zero-order valence-electron chi connectivity index (χ0n) is 4.99. The molecule has 1 saturated heterocycles. The number of β-amino-alcohol motifs (C(OH)–C–C–N with tert-alkyl or cyclic N) is 1. The molecule has 9 heavy (non-hydrogen) atoms.